The highest BCUT2D eigenvalue weighted by molar-refractivity contribution is 5.73. The zero-order chi connectivity index (χ0) is 8.97. The van der Waals surface area contributed by atoms with Crippen molar-refractivity contribution < 1.29 is 9.90 Å². The third-order valence-corrected chi connectivity index (χ3v) is 2.43. The van der Waals surface area contributed by atoms with Crippen LogP contribution in [0.5, 0.6) is 0 Å². The second-order valence-electron chi connectivity index (χ2n) is 3.44. The first-order valence-electron chi connectivity index (χ1n) is 4.63. The van der Waals surface area contributed by atoms with Crippen molar-refractivity contribution in [2.45, 2.75) is 38.6 Å². The molecule has 3 nitrogen and oxygen atoms in total. The molecule has 1 N–H and O–H groups in total. The van der Waals surface area contributed by atoms with Crippen LogP contribution in [0.15, 0.2) is 0 Å². The lowest BCUT2D eigenvalue weighted by atomic mass is 9.89. The van der Waals surface area contributed by atoms with Gasteiger partial charge in [0, 0.05) is 6.54 Å². The van der Waals surface area contributed by atoms with Crippen LogP contribution in [0, 0.1) is 5.92 Å². The van der Waals surface area contributed by atoms with Gasteiger partial charge in [-0.15, -0.1) is 0 Å². The van der Waals surface area contributed by atoms with E-state index in [2.05, 4.69) is 12.2 Å². The minimum Gasteiger partial charge on any atom is -0.480 e. The molecular formula is C9H16NO2. The maximum atomic E-state index is 10.6. The molecule has 2 unspecified atom stereocenters. The van der Waals surface area contributed by atoms with E-state index in [1.165, 1.54) is 0 Å². The standard InChI is InChI=1S/C9H16NO2/c1-2-3-7-4-5-10-8(6-7)9(11)12/h7-8H,2-6H2,1H3,(H,11,12). The lowest BCUT2D eigenvalue weighted by Gasteiger charge is -2.25. The van der Waals surface area contributed by atoms with E-state index in [9.17, 15) is 4.79 Å². The third kappa shape index (κ3) is 2.48. The predicted molar refractivity (Wildman–Crippen MR) is 46.1 cm³/mol. The predicted octanol–water partition coefficient (Wildman–Crippen LogP) is 1.25. The zero-order valence-electron chi connectivity index (χ0n) is 7.49. The topological polar surface area (TPSA) is 51.4 Å². The number of aliphatic carboxylic acids is 1. The van der Waals surface area contributed by atoms with Gasteiger partial charge in [-0.2, -0.15) is 0 Å². The number of carboxylic acids is 1. The summed E-state index contributed by atoms with van der Waals surface area (Å²) in [5.74, 6) is -0.163. The van der Waals surface area contributed by atoms with E-state index < -0.39 is 12.0 Å². The first-order chi connectivity index (χ1) is 5.74. The minimum absolute atomic E-state index is 0.421. The van der Waals surface area contributed by atoms with Crippen molar-refractivity contribution in [3.8, 4) is 0 Å². The summed E-state index contributed by atoms with van der Waals surface area (Å²) < 4.78 is 0. The molecule has 1 rings (SSSR count). The number of nitrogens with zero attached hydrogens (tertiary/aromatic N) is 1. The summed E-state index contributed by atoms with van der Waals surface area (Å²) in [6.45, 7) is 2.88. The van der Waals surface area contributed by atoms with E-state index in [0.717, 1.165) is 32.2 Å². The lowest BCUT2D eigenvalue weighted by Crippen LogP contribution is -2.38. The smallest absolute Gasteiger partial charge is 0.322 e. The number of hydrogen-bond acceptors (Lipinski definition) is 1. The molecule has 12 heavy (non-hydrogen) atoms. The Kier molecular flexibility index (Phi) is 3.53. The molecular weight excluding hydrogens is 154 g/mol. The van der Waals surface area contributed by atoms with Crippen molar-refractivity contribution in [2.24, 2.45) is 5.92 Å². The Morgan fingerprint density at radius 1 is 1.67 bits per heavy atom. The van der Waals surface area contributed by atoms with Crippen LogP contribution in [0.1, 0.15) is 32.6 Å². The van der Waals surface area contributed by atoms with Crippen LogP contribution in [0.2, 0.25) is 0 Å². The van der Waals surface area contributed by atoms with Crippen LogP contribution in [0.3, 0.4) is 0 Å². The highest BCUT2D eigenvalue weighted by atomic mass is 16.4. The first kappa shape index (κ1) is 9.52. The van der Waals surface area contributed by atoms with Gasteiger partial charge >= 0.3 is 5.97 Å². The molecule has 0 bridgehead atoms. The highest BCUT2D eigenvalue weighted by Crippen LogP contribution is 2.21. The van der Waals surface area contributed by atoms with Crippen molar-refractivity contribution in [1.82, 2.24) is 5.32 Å². The molecule has 1 aliphatic rings. The van der Waals surface area contributed by atoms with E-state index in [1.807, 2.05) is 0 Å². The molecule has 0 aromatic heterocycles. The zero-order valence-corrected chi connectivity index (χ0v) is 7.49. The molecule has 0 aromatic carbocycles. The highest BCUT2D eigenvalue weighted by Gasteiger charge is 2.26. The normalized spacial score (nSPS) is 30.1. The summed E-state index contributed by atoms with van der Waals surface area (Å²) in [7, 11) is 0. The van der Waals surface area contributed by atoms with Gasteiger partial charge in [-0.1, -0.05) is 19.8 Å². The quantitative estimate of drug-likeness (QED) is 0.693. The summed E-state index contributed by atoms with van der Waals surface area (Å²) in [6.07, 6.45) is 4.14. The fourth-order valence-corrected chi connectivity index (χ4v) is 1.77. The van der Waals surface area contributed by atoms with E-state index in [1.54, 1.807) is 0 Å². The Labute approximate surface area is 73.2 Å². The summed E-state index contributed by atoms with van der Waals surface area (Å²) in [5, 5.41) is 12.8. The van der Waals surface area contributed by atoms with Crippen molar-refractivity contribution in [1.29, 1.82) is 0 Å². The monoisotopic (exact) mass is 170 g/mol. The first-order valence-corrected chi connectivity index (χ1v) is 4.63. The summed E-state index contributed by atoms with van der Waals surface area (Å²) >= 11 is 0. The summed E-state index contributed by atoms with van der Waals surface area (Å²) in [6, 6.07) is -0.421. The Balaban J connectivity index is 2.35. The fourth-order valence-electron chi connectivity index (χ4n) is 1.77. The average molecular weight is 170 g/mol. The Hall–Kier alpha value is -0.570. The van der Waals surface area contributed by atoms with Gasteiger partial charge in [-0.3, -0.25) is 4.79 Å². The van der Waals surface area contributed by atoms with Crippen LogP contribution in [0.25, 0.3) is 0 Å². The van der Waals surface area contributed by atoms with Crippen LogP contribution in [-0.2, 0) is 4.79 Å². The number of rotatable bonds is 3. The molecule has 0 spiro atoms. The van der Waals surface area contributed by atoms with Gasteiger partial charge in [0.2, 0.25) is 0 Å². The molecule has 1 radical (unpaired) electrons. The maximum absolute atomic E-state index is 10.6. The van der Waals surface area contributed by atoms with Crippen LogP contribution in [-0.4, -0.2) is 23.7 Å². The van der Waals surface area contributed by atoms with Crippen LogP contribution >= 0.6 is 0 Å². The third-order valence-electron chi connectivity index (χ3n) is 2.43. The van der Waals surface area contributed by atoms with Crippen LogP contribution in [0.4, 0.5) is 0 Å². The van der Waals surface area contributed by atoms with Gasteiger partial charge in [0.1, 0.15) is 6.04 Å². The lowest BCUT2D eigenvalue weighted by molar-refractivity contribution is -0.140. The molecule has 0 amide bonds. The molecule has 0 aliphatic carbocycles. The molecule has 3 heteroatoms. The molecule has 1 heterocycles. The van der Waals surface area contributed by atoms with E-state index in [0.29, 0.717) is 5.92 Å². The van der Waals surface area contributed by atoms with Gasteiger partial charge in [0.15, 0.2) is 0 Å². The fraction of sp³-hybridized carbons (Fsp3) is 0.889. The van der Waals surface area contributed by atoms with Crippen molar-refractivity contribution >= 4 is 5.97 Å². The average Bonchev–Trinajstić information content (AvgIpc) is 2.05. The number of hydrogen-bond donors (Lipinski definition) is 1. The van der Waals surface area contributed by atoms with Crippen molar-refractivity contribution in [3.05, 3.63) is 0 Å². The van der Waals surface area contributed by atoms with Gasteiger partial charge in [0.25, 0.3) is 0 Å². The number of piperidine rings is 1. The number of carboxylic acid groups (broad SMARTS) is 1. The second kappa shape index (κ2) is 4.45. The summed E-state index contributed by atoms with van der Waals surface area (Å²) in [5.41, 5.74) is 0. The number of carbonyl (C=O) groups is 1. The molecule has 1 aliphatic heterocycles. The van der Waals surface area contributed by atoms with Gasteiger partial charge in [-0.25, -0.2) is 5.32 Å². The molecule has 0 aromatic rings. The maximum Gasteiger partial charge on any atom is 0.322 e. The van der Waals surface area contributed by atoms with E-state index in [4.69, 9.17) is 5.11 Å². The van der Waals surface area contributed by atoms with Gasteiger partial charge in [0.05, 0.1) is 0 Å². The largest absolute Gasteiger partial charge is 0.480 e. The minimum atomic E-state index is -0.754. The molecule has 1 fully saturated rings. The molecule has 69 valence electrons. The van der Waals surface area contributed by atoms with E-state index in [-0.39, 0.29) is 0 Å². The van der Waals surface area contributed by atoms with Crippen molar-refractivity contribution in [3.63, 3.8) is 0 Å². The van der Waals surface area contributed by atoms with Gasteiger partial charge in [-0.05, 0) is 18.8 Å². The second-order valence-corrected chi connectivity index (χ2v) is 3.44. The Morgan fingerprint density at radius 2 is 2.42 bits per heavy atom. The van der Waals surface area contributed by atoms with Crippen molar-refractivity contribution in [2.75, 3.05) is 6.54 Å². The Bertz CT molecular complexity index is 157. The molecule has 1 saturated heterocycles. The molecule has 2 atom stereocenters. The summed E-state index contributed by atoms with van der Waals surface area (Å²) in [4.78, 5) is 10.6. The van der Waals surface area contributed by atoms with Gasteiger partial charge < -0.3 is 5.11 Å². The van der Waals surface area contributed by atoms with Crippen LogP contribution < -0.4 is 5.32 Å². The Morgan fingerprint density at radius 3 is 3.00 bits per heavy atom. The molecule has 0 saturated carbocycles. The van der Waals surface area contributed by atoms with E-state index >= 15 is 0 Å². The SMILES string of the molecule is CCCC1CC[N]C(C(=O)O)C1.